The molecule has 1 saturated heterocycles. The van der Waals surface area contributed by atoms with E-state index in [0.717, 1.165) is 42.2 Å². The number of hydrogen-bond donors (Lipinski definition) is 2. The van der Waals surface area contributed by atoms with Crippen LogP contribution in [-0.4, -0.2) is 40.5 Å². The van der Waals surface area contributed by atoms with E-state index < -0.39 is 0 Å². The Bertz CT molecular complexity index is 636. The number of rotatable bonds is 2. The standard InChI is InChI=1S/C14H21N5S/c1-8-6-19(5-4-16-8)7-11-17-13(15)12-9(2)10(3)20-14(12)18-11/h8,16H,4-7H2,1-3H3,(H2,15,17,18). The molecule has 3 heterocycles. The van der Waals surface area contributed by atoms with Gasteiger partial charge in [0.15, 0.2) is 0 Å². The third kappa shape index (κ3) is 2.51. The molecule has 1 unspecified atom stereocenters. The van der Waals surface area contributed by atoms with Crippen molar-refractivity contribution in [2.24, 2.45) is 0 Å². The van der Waals surface area contributed by atoms with Gasteiger partial charge < -0.3 is 11.1 Å². The smallest absolute Gasteiger partial charge is 0.146 e. The summed E-state index contributed by atoms with van der Waals surface area (Å²) in [5, 5.41) is 4.48. The SMILES string of the molecule is Cc1sc2nc(CN3CCNC(C)C3)nc(N)c2c1C. The number of piperazine rings is 1. The summed E-state index contributed by atoms with van der Waals surface area (Å²) in [5.74, 6) is 1.46. The quantitative estimate of drug-likeness (QED) is 0.881. The lowest BCUT2D eigenvalue weighted by molar-refractivity contribution is 0.196. The first-order valence-electron chi connectivity index (χ1n) is 7.02. The number of nitrogens with zero attached hydrogens (tertiary/aromatic N) is 3. The van der Waals surface area contributed by atoms with Crippen molar-refractivity contribution in [2.75, 3.05) is 25.4 Å². The van der Waals surface area contributed by atoms with Gasteiger partial charge in [-0.1, -0.05) is 0 Å². The van der Waals surface area contributed by atoms with Crippen LogP contribution in [0.1, 0.15) is 23.2 Å². The van der Waals surface area contributed by atoms with Crippen molar-refractivity contribution in [1.82, 2.24) is 20.2 Å². The van der Waals surface area contributed by atoms with E-state index in [1.807, 2.05) is 0 Å². The van der Waals surface area contributed by atoms with Gasteiger partial charge >= 0.3 is 0 Å². The van der Waals surface area contributed by atoms with Gasteiger partial charge in [0.05, 0.1) is 11.9 Å². The van der Waals surface area contributed by atoms with Crippen LogP contribution in [0.2, 0.25) is 0 Å². The first-order valence-corrected chi connectivity index (χ1v) is 7.84. The van der Waals surface area contributed by atoms with Crippen LogP contribution in [0.4, 0.5) is 5.82 Å². The number of aryl methyl sites for hydroxylation is 2. The van der Waals surface area contributed by atoms with Crippen molar-refractivity contribution in [3.63, 3.8) is 0 Å². The minimum atomic E-state index is 0.524. The van der Waals surface area contributed by atoms with Crippen molar-refractivity contribution in [2.45, 2.75) is 33.4 Å². The second-order valence-electron chi connectivity index (χ2n) is 5.58. The number of aromatic nitrogens is 2. The maximum atomic E-state index is 6.13. The molecular formula is C14H21N5S. The van der Waals surface area contributed by atoms with Gasteiger partial charge in [0.1, 0.15) is 16.5 Å². The number of thiophene rings is 1. The molecule has 1 aliphatic heterocycles. The second kappa shape index (κ2) is 5.27. The molecule has 2 aromatic heterocycles. The largest absolute Gasteiger partial charge is 0.383 e. The lowest BCUT2D eigenvalue weighted by Crippen LogP contribution is -2.48. The predicted molar refractivity (Wildman–Crippen MR) is 84.0 cm³/mol. The van der Waals surface area contributed by atoms with Crippen molar-refractivity contribution in [3.8, 4) is 0 Å². The van der Waals surface area contributed by atoms with Crippen LogP contribution in [0, 0.1) is 13.8 Å². The van der Waals surface area contributed by atoms with Gasteiger partial charge in [-0.25, -0.2) is 9.97 Å². The van der Waals surface area contributed by atoms with E-state index >= 15 is 0 Å². The molecule has 6 heteroatoms. The van der Waals surface area contributed by atoms with E-state index in [-0.39, 0.29) is 0 Å². The topological polar surface area (TPSA) is 67.1 Å². The highest BCUT2D eigenvalue weighted by Crippen LogP contribution is 2.31. The van der Waals surface area contributed by atoms with E-state index in [2.05, 4.69) is 36.0 Å². The fourth-order valence-electron chi connectivity index (χ4n) is 2.75. The first-order chi connectivity index (χ1) is 9.54. The number of nitrogens with two attached hydrogens (primary N) is 1. The van der Waals surface area contributed by atoms with Gasteiger partial charge in [0.25, 0.3) is 0 Å². The molecule has 5 nitrogen and oxygen atoms in total. The summed E-state index contributed by atoms with van der Waals surface area (Å²) in [6, 6.07) is 0.524. The zero-order valence-electron chi connectivity index (χ0n) is 12.2. The van der Waals surface area contributed by atoms with Crippen molar-refractivity contribution < 1.29 is 0 Å². The average Bonchev–Trinajstić information content (AvgIpc) is 2.65. The number of anilines is 1. The fourth-order valence-corrected chi connectivity index (χ4v) is 3.81. The summed E-state index contributed by atoms with van der Waals surface area (Å²) in [6.45, 7) is 10.3. The summed E-state index contributed by atoms with van der Waals surface area (Å²) in [6.07, 6.45) is 0. The lowest BCUT2D eigenvalue weighted by atomic mass is 10.2. The van der Waals surface area contributed by atoms with E-state index in [1.165, 1.54) is 10.4 Å². The van der Waals surface area contributed by atoms with E-state index in [4.69, 9.17) is 10.7 Å². The zero-order chi connectivity index (χ0) is 14.3. The van der Waals surface area contributed by atoms with Gasteiger partial charge in [0, 0.05) is 30.6 Å². The number of nitrogen functional groups attached to an aromatic ring is 1. The van der Waals surface area contributed by atoms with Gasteiger partial charge in [-0.15, -0.1) is 11.3 Å². The molecule has 0 aliphatic carbocycles. The van der Waals surface area contributed by atoms with Crippen molar-refractivity contribution in [1.29, 1.82) is 0 Å². The molecule has 0 radical (unpaired) electrons. The third-order valence-electron chi connectivity index (χ3n) is 3.92. The Morgan fingerprint density at radius 3 is 2.95 bits per heavy atom. The highest BCUT2D eigenvalue weighted by atomic mass is 32.1. The maximum absolute atomic E-state index is 6.13. The van der Waals surface area contributed by atoms with Crippen LogP contribution >= 0.6 is 11.3 Å². The minimum absolute atomic E-state index is 0.524. The molecule has 0 saturated carbocycles. The van der Waals surface area contributed by atoms with Crippen LogP contribution in [0.25, 0.3) is 10.2 Å². The van der Waals surface area contributed by atoms with Crippen molar-refractivity contribution in [3.05, 3.63) is 16.3 Å². The molecule has 1 fully saturated rings. The van der Waals surface area contributed by atoms with E-state index in [9.17, 15) is 0 Å². The Labute approximate surface area is 123 Å². The molecule has 3 N–H and O–H groups in total. The summed E-state index contributed by atoms with van der Waals surface area (Å²) < 4.78 is 0. The zero-order valence-corrected chi connectivity index (χ0v) is 13.0. The molecular weight excluding hydrogens is 270 g/mol. The number of hydrogen-bond acceptors (Lipinski definition) is 6. The first kappa shape index (κ1) is 13.7. The van der Waals surface area contributed by atoms with Gasteiger partial charge in [-0.2, -0.15) is 0 Å². The molecule has 3 rings (SSSR count). The van der Waals surface area contributed by atoms with Crippen LogP contribution in [0.5, 0.6) is 0 Å². The number of nitrogens with one attached hydrogen (secondary N) is 1. The molecule has 2 aromatic rings. The highest BCUT2D eigenvalue weighted by molar-refractivity contribution is 7.18. The minimum Gasteiger partial charge on any atom is -0.383 e. The second-order valence-corrected chi connectivity index (χ2v) is 6.78. The summed E-state index contributed by atoms with van der Waals surface area (Å²) in [7, 11) is 0. The van der Waals surface area contributed by atoms with Crippen LogP contribution in [0.15, 0.2) is 0 Å². The van der Waals surface area contributed by atoms with Crippen molar-refractivity contribution >= 4 is 27.4 Å². The molecule has 0 bridgehead atoms. The highest BCUT2D eigenvalue weighted by Gasteiger charge is 2.18. The van der Waals surface area contributed by atoms with E-state index in [0.29, 0.717) is 11.9 Å². The van der Waals surface area contributed by atoms with Crippen LogP contribution in [-0.2, 0) is 6.54 Å². The normalized spacial score (nSPS) is 20.6. The molecule has 0 spiro atoms. The molecule has 1 atom stereocenters. The molecule has 1 aliphatic rings. The molecule has 108 valence electrons. The Kier molecular flexibility index (Phi) is 3.62. The lowest BCUT2D eigenvalue weighted by Gasteiger charge is -2.31. The van der Waals surface area contributed by atoms with Gasteiger partial charge in [0.2, 0.25) is 0 Å². The summed E-state index contributed by atoms with van der Waals surface area (Å²) >= 11 is 1.71. The summed E-state index contributed by atoms with van der Waals surface area (Å²) in [4.78, 5) is 13.9. The Morgan fingerprint density at radius 1 is 1.40 bits per heavy atom. The van der Waals surface area contributed by atoms with Crippen LogP contribution in [0.3, 0.4) is 0 Å². The fraction of sp³-hybridized carbons (Fsp3) is 0.571. The monoisotopic (exact) mass is 291 g/mol. The molecule has 0 amide bonds. The van der Waals surface area contributed by atoms with Gasteiger partial charge in [-0.05, 0) is 26.3 Å². The van der Waals surface area contributed by atoms with Gasteiger partial charge in [-0.3, -0.25) is 4.90 Å². The Morgan fingerprint density at radius 2 is 2.20 bits per heavy atom. The average molecular weight is 291 g/mol. The summed E-state index contributed by atoms with van der Waals surface area (Å²) in [5.41, 5.74) is 7.34. The molecule has 20 heavy (non-hydrogen) atoms. The number of fused-ring (bicyclic) bond motifs is 1. The van der Waals surface area contributed by atoms with E-state index in [1.54, 1.807) is 11.3 Å². The Hall–Kier alpha value is -1.24. The third-order valence-corrected chi connectivity index (χ3v) is 5.02. The van der Waals surface area contributed by atoms with Crippen LogP contribution < -0.4 is 11.1 Å². The maximum Gasteiger partial charge on any atom is 0.146 e. The molecule has 0 aromatic carbocycles. The predicted octanol–water partition coefficient (Wildman–Crippen LogP) is 1.68. The Balaban J connectivity index is 1.89.